The van der Waals surface area contributed by atoms with Crippen LogP contribution in [0.5, 0.6) is 0 Å². The third kappa shape index (κ3) is 5.01. The molecule has 0 aromatic carbocycles. The van der Waals surface area contributed by atoms with Crippen molar-refractivity contribution in [2.75, 3.05) is 0 Å². The van der Waals surface area contributed by atoms with E-state index < -0.39 is 0 Å². The number of hydrogen-bond donors (Lipinski definition) is 2. The van der Waals surface area contributed by atoms with E-state index in [2.05, 4.69) is 4.99 Å². The Labute approximate surface area is 42.7 Å². The SMILES string of the molecule is CC=NC=C(N)N. The molecular weight excluding hydrogens is 90.1 g/mol. The van der Waals surface area contributed by atoms with Crippen molar-refractivity contribution >= 4 is 6.21 Å². The predicted molar refractivity (Wildman–Crippen MR) is 30.6 cm³/mol. The van der Waals surface area contributed by atoms with E-state index in [-0.39, 0.29) is 5.82 Å². The fraction of sp³-hybridized carbons (Fsp3) is 0.250. The normalized spacial score (nSPS) is 9.29. The lowest BCUT2D eigenvalue weighted by atomic mass is 10.8. The van der Waals surface area contributed by atoms with Crippen LogP contribution in [0, 0.1) is 0 Å². The smallest absolute Gasteiger partial charge is 0.112 e. The molecule has 4 N–H and O–H groups in total. The average molecular weight is 99.1 g/mol. The van der Waals surface area contributed by atoms with Gasteiger partial charge in [-0.15, -0.1) is 0 Å². The molecule has 0 aliphatic rings. The summed E-state index contributed by atoms with van der Waals surface area (Å²) in [5.74, 6) is 0.234. The quantitative estimate of drug-likeness (QED) is 0.447. The second kappa shape index (κ2) is 3.21. The van der Waals surface area contributed by atoms with Crippen LogP contribution in [-0.4, -0.2) is 6.21 Å². The van der Waals surface area contributed by atoms with Gasteiger partial charge >= 0.3 is 0 Å². The van der Waals surface area contributed by atoms with Gasteiger partial charge in [0.05, 0.1) is 6.20 Å². The summed E-state index contributed by atoms with van der Waals surface area (Å²) < 4.78 is 0. The van der Waals surface area contributed by atoms with Gasteiger partial charge in [-0.05, 0) is 6.92 Å². The Morgan fingerprint density at radius 1 is 1.57 bits per heavy atom. The highest BCUT2D eigenvalue weighted by atomic mass is 14.8. The maximum absolute atomic E-state index is 5.00. The van der Waals surface area contributed by atoms with Gasteiger partial charge in [0.1, 0.15) is 5.82 Å². The minimum Gasteiger partial charge on any atom is -0.384 e. The highest BCUT2D eigenvalue weighted by molar-refractivity contribution is 5.54. The molecule has 40 valence electrons. The minimum atomic E-state index is 0.234. The van der Waals surface area contributed by atoms with Crippen molar-refractivity contribution in [2.24, 2.45) is 16.5 Å². The molecule has 0 spiro atoms. The van der Waals surface area contributed by atoms with E-state index in [0.717, 1.165) is 0 Å². The van der Waals surface area contributed by atoms with E-state index in [1.54, 1.807) is 13.1 Å². The molecule has 0 aromatic heterocycles. The summed E-state index contributed by atoms with van der Waals surface area (Å²) in [4.78, 5) is 3.63. The summed E-state index contributed by atoms with van der Waals surface area (Å²) in [7, 11) is 0. The molecule has 0 unspecified atom stereocenters. The van der Waals surface area contributed by atoms with Crippen LogP contribution in [0.1, 0.15) is 6.92 Å². The fourth-order valence-corrected chi connectivity index (χ4v) is 0.161. The largest absolute Gasteiger partial charge is 0.384 e. The summed E-state index contributed by atoms with van der Waals surface area (Å²) >= 11 is 0. The molecule has 0 rings (SSSR count). The van der Waals surface area contributed by atoms with Crippen LogP contribution in [0.4, 0.5) is 0 Å². The van der Waals surface area contributed by atoms with Gasteiger partial charge in [-0.1, -0.05) is 0 Å². The van der Waals surface area contributed by atoms with Crippen LogP contribution in [0.15, 0.2) is 17.0 Å². The van der Waals surface area contributed by atoms with Crippen LogP contribution in [0.25, 0.3) is 0 Å². The molecule has 0 heterocycles. The predicted octanol–water partition coefficient (Wildman–Crippen LogP) is -0.207. The lowest BCUT2D eigenvalue weighted by molar-refractivity contribution is 1.22. The molecule has 3 heteroatoms. The van der Waals surface area contributed by atoms with Gasteiger partial charge in [0.25, 0.3) is 0 Å². The van der Waals surface area contributed by atoms with Crippen LogP contribution in [0.2, 0.25) is 0 Å². The first-order valence-electron chi connectivity index (χ1n) is 1.96. The highest BCUT2D eigenvalue weighted by Gasteiger charge is 1.66. The molecule has 0 radical (unpaired) electrons. The van der Waals surface area contributed by atoms with Gasteiger partial charge < -0.3 is 11.5 Å². The van der Waals surface area contributed by atoms with Gasteiger partial charge in [0, 0.05) is 6.21 Å². The Bertz CT molecular complexity index is 89.1. The zero-order valence-corrected chi connectivity index (χ0v) is 4.26. The number of nitrogens with zero attached hydrogens (tertiary/aromatic N) is 1. The Balaban J connectivity index is 3.46. The number of hydrogen-bond acceptors (Lipinski definition) is 3. The second-order valence-corrected chi connectivity index (χ2v) is 1.04. The van der Waals surface area contributed by atoms with Crippen LogP contribution in [-0.2, 0) is 0 Å². The van der Waals surface area contributed by atoms with Crippen molar-refractivity contribution in [3.05, 3.63) is 12.0 Å². The fourth-order valence-electron chi connectivity index (χ4n) is 0.161. The summed E-state index contributed by atoms with van der Waals surface area (Å²) in [6, 6.07) is 0. The Morgan fingerprint density at radius 2 is 2.14 bits per heavy atom. The van der Waals surface area contributed by atoms with Crippen molar-refractivity contribution < 1.29 is 0 Å². The van der Waals surface area contributed by atoms with E-state index in [1.165, 1.54) is 6.20 Å². The van der Waals surface area contributed by atoms with E-state index in [4.69, 9.17) is 11.5 Å². The van der Waals surface area contributed by atoms with Crippen molar-refractivity contribution in [3.63, 3.8) is 0 Å². The van der Waals surface area contributed by atoms with E-state index in [9.17, 15) is 0 Å². The van der Waals surface area contributed by atoms with Gasteiger partial charge in [0.2, 0.25) is 0 Å². The Kier molecular flexibility index (Phi) is 2.76. The van der Waals surface area contributed by atoms with Gasteiger partial charge in [0.15, 0.2) is 0 Å². The molecule has 0 saturated carbocycles. The van der Waals surface area contributed by atoms with Crippen LogP contribution < -0.4 is 11.5 Å². The molecule has 0 aliphatic heterocycles. The topological polar surface area (TPSA) is 64.4 Å². The van der Waals surface area contributed by atoms with Crippen LogP contribution >= 0.6 is 0 Å². The number of aliphatic imine (C=N–C) groups is 1. The van der Waals surface area contributed by atoms with Crippen molar-refractivity contribution in [2.45, 2.75) is 6.92 Å². The molecule has 0 saturated heterocycles. The third-order valence-corrected chi connectivity index (χ3v) is 0.373. The van der Waals surface area contributed by atoms with Crippen molar-refractivity contribution in [1.29, 1.82) is 0 Å². The second-order valence-electron chi connectivity index (χ2n) is 1.04. The van der Waals surface area contributed by atoms with E-state index in [0.29, 0.717) is 0 Å². The monoisotopic (exact) mass is 99.1 g/mol. The molecule has 0 bridgehead atoms. The zero-order chi connectivity index (χ0) is 5.70. The van der Waals surface area contributed by atoms with Crippen molar-refractivity contribution in [3.8, 4) is 0 Å². The summed E-state index contributed by atoms with van der Waals surface area (Å²) in [5, 5.41) is 0. The van der Waals surface area contributed by atoms with Gasteiger partial charge in [-0.2, -0.15) is 0 Å². The maximum Gasteiger partial charge on any atom is 0.112 e. The van der Waals surface area contributed by atoms with Gasteiger partial charge in [-0.25, -0.2) is 0 Å². The molecule has 0 amide bonds. The molecule has 0 aromatic rings. The highest BCUT2D eigenvalue weighted by Crippen LogP contribution is 1.69. The van der Waals surface area contributed by atoms with Gasteiger partial charge in [-0.3, -0.25) is 4.99 Å². The third-order valence-electron chi connectivity index (χ3n) is 0.373. The lowest BCUT2D eigenvalue weighted by Gasteiger charge is -1.80. The molecule has 7 heavy (non-hydrogen) atoms. The van der Waals surface area contributed by atoms with E-state index in [1.807, 2.05) is 0 Å². The molecule has 0 fully saturated rings. The molecule has 3 nitrogen and oxygen atoms in total. The Morgan fingerprint density at radius 3 is 2.29 bits per heavy atom. The maximum atomic E-state index is 5.00. The van der Waals surface area contributed by atoms with E-state index >= 15 is 0 Å². The number of rotatable bonds is 1. The minimum absolute atomic E-state index is 0.234. The first-order valence-corrected chi connectivity index (χ1v) is 1.96. The van der Waals surface area contributed by atoms with Crippen molar-refractivity contribution in [1.82, 2.24) is 0 Å². The first-order chi connectivity index (χ1) is 3.27. The average Bonchev–Trinajstić information content (AvgIpc) is 1.61. The summed E-state index contributed by atoms with van der Waals surface area (Å²) in [5.41, 5.74) is 10.0. The zero-order valence-electron chi connectivity index (χ0n) is 4.26. The first kappa shape index (κ1) is 6.01. The summed E-state index contributed by atoms with van der Waals surface area (Å²) in [6.07, 6.45) is 3.00. The van der Waals surface area contributed by atoms with Crippen LogP contribution in [0.3, 0.4) is 0 Å². The molecule has 0 aliphatic carbocycles. The lowest BCUT2D eigenvalue weighted by Crippen LogP contribution is -2.06. The molecular formula is C4H9N3. The summed E-state index contributed by atoms with van der Waals surface area (Å²) in [6.45, 7) is 1.79. The standard InChI is InChI=1S/C4H9N3/c1-2-7-3-4(5)6/h2-3H,5-6H2,1H3. The Hall–Kier alpha value is -0.990. The number of nitrogens with two attached hydrogens (primary N) is 2. The molecule has 0 atom stereocenters.